The molecule has 0 aromatic heterocycles. The summed E-state index contributed by atoms with van der Waals surface area (Å²) in [7, 11) is 1.66. The number of ether oxygens (including phenoxy) is 1. The fourth-order valence-electron chi connectivity index (χ4n) is 1.09. The largest absolute Gasteiger partial charge is 0.384 e. The van der Waals surface area contributed by atoms with E-state index >= 15 is 0 Å². The first-order valence-electron chi connectivity index (χ1n) is 5.11. The number of hydrogen-bond acceptors (Lipinski definition) is 3. The van der Waals surface area contributed by atoms with Crippen LogP contribution < -0.4 is 11.1 Å². The Morgan fingerprint density at radius 3 is 2.71 bits per heavy atom. The summed E-state index contributed by atoms with van der Waals surface area (Å²) < 4.78 is 4.96. The van der Waals surface area contributed by atoms with Crippen molar-refractivity contribution in [3.63, 3.8) is 0 Å². The molecule has 4 nitrogen and oxygen atoms in total. The van der Waals surface area contributed by atoms with Crippen molar-refractivity contribution < 1.29 is 9.53 Å². The van der Waals surface area contributed by atoms with Gasteiger partial charge in [-0.3, -0.25) is 4.79 Å². The smallest absolute Gasteiger partial charge is 0.221 e. The highest BCUT2D eigenvalue weighted by atomic mass is 16.5. The van der Waals surface area contributed by atoms with Crippen LogP contribution in [0.2, 0.25) is 0 Å². The molecular formula is C10H22N2O2. The van der Waals surface area contributed by atoms with Gasteiger partial charge in [-0.25, -0.2) is 0 Å². The van der Waals surface area contributed by atoms with Crippen molar-refractivity contribution in [3.8, 4) is 0 Å². The Labute approximate surface area is 86.2 Å². The van der Waals surface area contributed by atoms with E-state index in [1.54, 1.807) is 7.11 Å². The third-order valence-corrected chi connectivity index (χ3v) is 2.07. The minimum Gasteiger partial charge on any atom is -0.384 e. The molecule has 0 aliphatic heterocycles. The minimum absolute atomic E-state index is 0.0206. The fourth-order valence-corrected chi connectivity index (χ4v) is 1.09. The van der Waals surface area contributed by atoms with Gasteiger partial charge in [-0.15, -0.1) is 0 Å². The number of methoxy groups -OCH3 is 1. The van der Waals surface area contributed by atoms with E-state index in [1.807, 2.05) is 13.8 Å². The van der Waals surface area contributed by atoms with Gasteiger partial charge in [0.1, 0.15) is 0 Å². The topological polar surface area (TPSA) is 64.4 Å². The van der Waals surface area contributed by atoms with Crippen molar-refractivity contribution in [1.29, 1.82) is 0 Å². The fraction of sp³-hybridized carbons (Fsp3) is 0.900. The van der Waals surface area contributed by atoms with Crippen LogP contribution in [0.5, 0.6) is 0 Å². The van der Waals surface area contributed by atoms with E-state index in [2.05, 4.69) is 5.32 Å². The molecule has 2 atom stereocenters. The van der Waals surface area contributed by atoms with Gasteiger partial charge in [0.15, 0.2) is 0 Å². The second-order valence-electron chi connectivity index (χ2n) is 3.74. The Hall–Kier alpha value is -0.610. The van der Waals surface area contributed by atoms with Crippen LogP contribution in [0.15, 0.2) is 0 Å². The van der Waals surface area contributed by atoms with Crippen molar-refractivity contribution in [2.45, 2.75) is 32.7 Å². The standard InChI is InChI=1S/C10H22N2O2/c1-4-9(11)5-10(13)12-6-8(2)7-14-3/h8-9H,4-7,11H2,1-3H3,(H,12,13). The van der Waals surface area contributed by atoms with Gasteiger partial charge in [-0.2, -0.15) is 0 Å². The highest BCUT2D eigenvalue weighted by molar-refractivity contribution is 5.76. The molecule has 1 amide bonds. The summed E-state index contributed by atoms with van der Waals surface area (Å²) in [5.74, 6) is 0.379. The molecule has 0 aliphatic carbocycles. The average Bonchev–Trinajstić information content (AvgIpc) is 2.15. The van der Waals surface area contributed by atoms with Gasteiger partial charge in [0.05, 0.1) is 6.61 Å². The second kappa shape index (κ2) is 7.76. The van der Waals surface area contributed by atoms with E-state index in [-0.39, 0.29) is 11.9 Å². The summed E-state index contributed by atoms with van der Waals surface area (Å²) in [6.45, 7) is 5.33. The molecule has 0 heterocycles. The van der Waals surface area contributed by atoms with Gasteiger partial charge in [-0.1, -0.05) is 13.8 Å². The number of carbonyl (C=O) groups is 1. The van der Waals surface area contributed by atoms with Crippen molar-refractivity contribution in [1.82, 2.24) is 5.32 Å². The lowest BCUT2D eigenvalue weighted by Gasteiger charge is -2.13. The number of nitrogens with one attached hydrogen (secondary N) is 1. The average molecular weight is 202 g/mol. The zero-order valence-electron chi connectivity index (χ0n) is 9.38. The first-order chi connectivity index (χ1) is 6.60. The molecule has 0 bridgehead atoms. The summed E-state index contributed by atoms with van der Waals surface area (Å²) in [6, 6.07) is -0.0206. The Morgan fingerprint density at radius 2 is 2.21 bits per heavy atom. The van der Waals surface area contributed by atoms with Gasteiger partial charge in [0, 0.05) is 26.1 Å². The highest BCUT2D eigenvalue weighted by Gasteiger charge is 2.08. The summed E-state index contributed by atoms with van der Waals surface area (Å²) in [4.78, 5) is 11.3. The molecule has 4 heteroatoms. The molecule has 0 radical (unpaired) electrons. The van der Waals surface area contributed by atoms with Crippen LogP contribution in [-0.4, -0.2) is 32.2 Å². The van der Waals surface area contributed by atoms with Crippen molar-refractivity contribution >= 4 is 5.91 Å². The van der Waals surface area contributed by atoms with Crippen LogP contribution in [0.25, 0.3) is 0 Å². The molecule has 0 saturated carbocycles. The molecule has 0 spiro atoms. The summed E-state index contributed by atoms with van der Waals surface area (Å²) in [6.07, 6.45) is 1.25. The van der Waals surface area contributed by atoms with Gasteiger partial charge in [0.25, 0.3) is 0 Å². The third-order valence-electron chi connectivity index (χ3n) is 2.07. The zero-order chi connectivity index (χ0) is 11.0. The number of rotatable bonds is 7. The highest BCUT2D eigenvalue weighted by Crippen LogP contribution is 1.95. The zero-order valence-corrected chi connectivity index (χ0v) is 9.38. The van der Waals surface area contributed by atoms with Crippen LogP contribution >= 0.6 is 0 Å². The Balaban J connectivity index is 3.53. The SMILES string of the molecule is CCC(N)CC(=O)NCC(C)COC. The predicted octanol–water partition coefficient (Wildman–Crippen LogP) is 0.513. The van der Waals surface area contributed by atoms with Crippen LogP contribution in [0.1, 0.15) is 26.7 Å². The molecule has 3 N–H and O–H groups in total. The van der Waals surface area contributed by atoms with E-state index < -0.39 is 0 Å². The molecule has 2 unspecified atom stereocenters. The van der Waals surface area contributed by atoms with Crippen molar-refractivity contribution in [3.05, 3.63) is 0 Å². The number of carbonyl (C=O) groups excluding carboxylic acids is 1. The van der Waals surface area contributed by atoms with E-state index in [4.69, 9.17) is 10.5 Å². The lowest BCUT2D eigenvalue weighted by Crippen LogP contribution is -2.34. The molecule has 84 valence electrons. The molecule has 0 aromatic rings. The predicted molar refractivity (Wildman–Crippen MR) is 56.9 cm³/mol. The third kappa shape index (κ3) is 6.86. The van der Waals surface area contributed by atoms with Crippen LogP contribution in [-0.2, 0) is 9.53 Å². The Bertz CT molecular complexity index is 162. The molecular weight excluding hydrogens is 180 g/mol. The summed E-state index contributed by atoms with van der Waals surface area (Å²) in [5, 5.41) is 2.83. The minimum atomic E-state index is -0.0206. The van der Waals surface area contributed by atoms with Gasteiger partial charge in [-0.05, 0) is 12.3 Å². The van der Waals surface area contributed by atoms with Crippen molar-refractivity contribution in [2.75, 3.05) is 20.3 Å². The second-order valence-corrected chi connectivity index (χ2v) is 3.74. The first-order valence-corrected chi connectivity index (χ1v) is 5.11. The van der Waals surface area contributed by atoms with Gasteiger partial charge >= 0.3 is 0 Å². The summed E-state index contributed by atoms with van der Waals surface area (Å²) >= 11 is 0. The lowest BCUT2D eigenvalue weighted by atomic mass is 10.1. The van der Waals surface area contributed by atoms with E-state index in [1.165, 1.54) is 0 Å². The molecule has 0 aromatic carbocycles. The number of hydrogen-bond donors (Lipinski definition) is 2. The van der Waals surface area contributed by atoms with E-state index in [9.17, 15) is 4.79 Å². The monoisotopic (exact) mass is 202 g/mol. The van der Waals surface area contributed by atoms with E-state index in [0.717, 1.165) is 6.42 Å². The van der Waals surface area contributed by atoms with Gasteiger partial charge < -0.3 is 15.8 Å². The maximum Gasteiger partial charge on any atom is 0.221 e. The summed E-state index contributed by atoms with van der Waals surface area (Å²) in [5.41, 5.74) is 5.65. The first kappa shape index (κ1) is 13.4. The number of nitrogens with two attached hydrogens (primary N) is 1. The maximum atomic E-state index is 11.3. The normalized spacial score (nSPS) is 14.9. The lowest BCUT2D eigenvalue weighted by molar-refractivity contribution is -0.121. The molecule has 0 rings (SSSR count). The van der Waals surface area contributed by atoms with Crippen molar-refractivity contribution in [2.24, 2.45) is 11.7 Å². The van der Waals surface area contributed by atoms with Crippen LogP contribution in [0.3, 0.4) is 0 Å². The number of amides is 1. The van der Waals surface area contributed by atoms with Crippen LogP contribution in [0, 0.1) is 5.92 Å². The molecule has 0 aliphatic rings. The molecule has 14 heavy (non-hydrogen) atoms. The molecule has 0 saturated heterocycles. The molecule has 0 fully saturated rings. The van der Waals surface area contributed by atoms with Gasteiger partial charge in [0.2, 0.25) is 5.91 Å². The maximum absolute atomic E-state index is 11.3. The quantitative estimate of drug-likeness (QED) is 0.632. The Kier molecular flexibility index (Phi) is 7.42. The van der Waals surface area contributed by atoms with Crippen LogP contribution in [0.4, 0.5) is 0 Å². The van der Waals surface area contributed by atoms with E-state index in [0.29, 0.717) is 25.5 Å². The Morgan fingerprint density at radius 1 is 1.57 bits per heavy atom.